The number of rotatable bonds is 12. The van der Waals surface area contributed by atoms with Crippen LogP contribution in [0.3, 0.4) is 0 Å². The maximum atomic E-state index is 15.1. The highest BCUT2D eigenvalue weighted by atomic mass is 32.2. The van der Waals surface area contributed by atoms with Crippen LogP contribution >= 0.6 is 0 Å². The molecule has 2 aromatic carbocycles. The molecule has 5 saturated heterocycles. The van der Waals surface area contributed by atoms with Gasteiger partial charge in [-0.05, 0) is 138 Å². The zero-order valence-electron chi connectivity index (χ0n) is 34.3. The van der Waals surface area contributed by atoms with Gasteiger partial charge in [0.1, 0.15) is 11.4 Å². The average molecular weight is 819 g/mol. The van der Waals surface area contributed by atoms with E-state index in [-0.39, 0.29) is 39.6 Å². The second-order valence-electron chi connectivity index (χ2n) is 17.7. The molecule has 14 heteroatoms. The first-order valence-corrected chi connectivity index (χ1v) is 22.6. The van der Waals surface area contributed by atoms with Gasteiger partial charge in [0.25, 0.3) is 5.91 Å². The van der Waals surface area contributed by atoms with Gasteiger partial charge in [0, 0.05) is 57.0 Å². The van der Waals surface area contributed by atoms with E-state index in [0.717, 1.165) is 95.5 Å². The summed E-state index contributed by atoms with van der Waals surface area (Å²) in [6.07, 6.45) is 7.20. The van der Waals surface area contributed by atoms with Crippen LogP contribution in [-0.2, 0) is 29.7 Å². The Morgan fingerprint density at radius 2 is 1.66 bits per heavy atom. The molecule has 8 rings (SSSR count). The minimum atomic E-state index is -3.70. The summed E-state index contributed by atoms with van der Waals surface area (Å²) >= 11 is 0. The number of amides is 2. The number of likely N-dealkylation sites (tertiary alicyclic amines) is 3. The fourth-order valence-electron chi connectivity index (χ4n) is 11.4. The standard InChI is InChI=1S/C44H59FN6O6S/c1-4-9-40(52)51-23-7-20-42(51)27-50(28-42)58(54,55)37-16-14-36(15-17-37)49-30-43(31-49,57-3)29-48-24-18-33(19-25-48)44(32-47-21-8-22-47,34-10-5-11-35(45)26-34)38-12-6-13-39(38)46-41(53)56-2/h5,10-11,14-17,26,33,38-39H,6-8,12-13,18-25,27-32H2,1-3H3,(H,46,53)/t38-,39-,44-/m0/s1. The lowest BCUT2D eigenvalue weighted by atomic mass is 9.57. The molecule has 2 aromatic rings. The number of piperidine rings is 1. The van der Waals surface area contributed by atoms with E-state index < -0.39 is 21.7 Å². The van der Waals surface area contributed by atoms with Crippen molar-refractivity contribution in [2.45, 2.75) is 85.8 Å². The van der Waals surface area contributed by atoms with Gasteiger partial charge in [-0.2, -0.15) is 4.31 Å². The first kappa shape index (κ1) is 41.0. The smallest absolute Gasteiger partial charge is 0.407 e. The van der Waals surface area contributed by atoms with Gasteiger partial charge in [-0.3, -0.25) is 4.79 Å². The Kier molecular flexibility index (Phi) is 11.6. The molecule has 1 N–H and O–H groups in total. The second-order valence-corrected chi connectivity index (χ2v) is 19.6. The van der Waals surface area contributed by atoms with Crippen molar-refractivity contribution in [1.29, 1.82) is 0 Å². The van der Waals surface area contributed by atoms with Crippen LogP contribution in [0.4, 0.5) is 14.9 Å². The minimum Gasteiger partial charge on any atom is -0.453 e. The molecule has 3 atom stereocenters. The highest BCUT2D eigenvalue weighted by Crippen LogP contribution is 2.52. The number of ether oxygens (including phenoxy) is 2. The average Bonchev–Trinajstić information content (AvgIpc) is 3.84. The van der Waals surface area contributed by atoms with E-state index >= 15 is 4.39 Å². The Hall–Kier alpha value is -3.74. The molecule has 0 aromatic heterocycles. The number of hydrogen-bond acceptors (Lipinski definition) is 9. The van der Waals surface area contributed by atoms with E-state index in [9.17, 15) is 18.0 Å². The Balaban J connectivity index is 0.913. The van der Waals surface area contributed by atoms with Crippen LogP contribution in [0.5, 0.6) is 0 Å². The van der Waals surface area contributed by atoms with Gasteiger partial charge in [0.2, 0.25) is 10.0 Å². The molecule has 1 saturated carbocycles. The topological polar surface area (TPSA) is 115 Å². The number of carbonyl (C=O) groups excluding carboxylic acids is 2. The van der Waals surface area contributed by atoms with Crippen molar-refractivity contribution < 1.29 is 31.9 Å². The summed E-state index contributed by atoms with van der Waals surface area (Å²) in [4.78, 5) is 34.4. The van der Waals surface area contributed by atoms with E-state index in [0.29, 0.717) is 38.6 Å². The monoisotopic (exact) mass is 818 g/mol. The first-order chi connectivity index (χ1) is 27.9. The Labute approximate surface area is 343 Å². The van der Waals surface area contributed by atoms with E-state index in [2.05, 4.69) is 37.9 Å². The lowest BCUT2D eigenvalue weighted by molar-refractivity contribution is -0.133. The molecule has 1 spiro atoms. The van der Waals surface area contributed by atoms with Crippen molar-refractivity contribution in [2.75, 3.05) is 91.1 Å². The van der Waals surface area contributed by atoms with Gasteiger partial charge < -0.3 is 34.4 Å². The van der Waals surface area contributed by atoms with Crippen LogP contribution in [0.2, 0.25) is 0 Å². The molecule has 5 heterocycles. The van der Waals surface area contributed by atoms with Crippen molar-refractivity contribution in [2.24, 2.45) is 11.8 Å². The van der Waals surface area contributed by atoms with Gasteiger partial charge in [0.15, 0.2) is 0 Å². The summed E-state index contributed by atoms with van der Waals surface area (Å²) in [7, 11) is -0.503. The SMILES string of the molecule is CC#CC(=O)N1CCCC12CN(S(=O)(=O)c1ccc(N3CC(CN4CCC([C@@](CN5CCC5)(c5cccc(F)c5)[C@H]5CCC[C@@H]5NC(=O)OC)CC4)(OC)C3)cc1)C2. The Morgan fingerprint density at radius 3 is 2.29 bits per heavy atom. The van der Waals surface area contributed by atoms with Crippen molar-refractivity contribution in [3.8, 4) is 11.8 Å². The fraction of sp³-hybridized carbons (Fsp3) is 0.636. The summed E-state index contributed by atoms with van der Waals surface area (Å²) < 4.78 is 55.1. The number of carbonyl (C=O) groups is 2. The molecule has 6 aliphatic rings. The fourth-order valence-corrected chi connectivity index (χ4v) is 13.0. The number of methoxy groups -OCH3 is 2. The van der Waals surface area contributed by atoms with Crippen molar-refractivity contribution in [3.63, 3.8) is 0 Å². The van der Waals surface area contributed by atoms with E-state index in [1.54, 1.807) is 37.1 Å². The lowest BCUT2D eigenvalue weighted by Gasteiger charge is -2.55. The number of nitrogens with zero attached hydrogens (tertiary/aromatic N) is 5. The van der Waals surface area contributed by atoms with Crippen molar-refractivity contribution >= 4 is 27.7 Å². The maximum Gasteiger partial charge on any atom is 0.407 e. The number of hydrogen-bond donors (Lipinski definition) is 1. The molecular weight excluding hydrogens is 760 g/mol. The van der Waals surface area contributed by atoms with Gasteiger partial charge in [-0.15, -0.1) is 0 Å². The summed E-state index contributed by atoms with van der Waals surface area (Å²) in [6.45, 7) is 9.76. The molecule has 314 valence electrons. The van der Waals surface area contributed by atoms with Crippen LogP contribution in [-0.4, -0.2) is 143 Å². The van der Waals surface area contributed by atoms with E-state index in [4.69, 9.17) is 9.47 Å². The third kappa shape index (κ3) is 7.51. The van der Waals surface area contributed by atoms with E-state index in [1.165, 1.54) is 23.9 Å². The summed E-state index contributed by atoms with van der Waals surface area (Å²) in [5.41, 5.74) is 0.874. The number of halogens is 1. The quantitative estimate of drug-likeness (QED) is 0.314. The van der Waals surface area contributed by atoms with Gasteiger partial charge in [0.05, 0.1) is 30.6 Å². The third-order valence-corrected chi connectivity index (χ3v) is 16.3. The predicted molar refractivity (Wildman–Crippen MR) is 219 cm³/mol. The number of alkyl carbamates (subject to hydrolysis) is 1. The van der Waals surface area contributed by atoms with Gasteiger partial charge in [-0.1, -0.05) is 24.5 Å². The third-order valence-electron chi connectivity index (χ3n) is 14.5. The Morgan fingerprint density at radius 1 is 0.914 bits per heavy atom. The normalized spacial score (nSPS) is 25.9. The molecule has 0 bridgehead atoms. The number of nitrogens with one attached hydrogen (secondary N) is 1. The molecule has 0 unspecified atom stereocenters. The number of benzene rings is 2. The summed E-state index contributed by atoms with van der Waals surface area (Å²) in [5, 5.41) is 3.18. The maximum absolute atomic E-state index is 15.1. The van der Waals surface area contributed by atoms with Crippen LogP contribution in [0.1, 0.15) is 63.9 Å². The zero-order valence-corrected chi connectivity index (χ0v) is 35.1. The molecular formula is C44H59FN6O6S. The number of anilines is 1. The molecule has 0 radical (unpaired) electrons. The molecule has 12 nitrogen and oxygen atoms in total. The minimum absolute atomic E-state index is 0.0365. The lowest BCUT2D eigenvalue weighted by Crippen LogP contribution is -2.69. The van der Waals surface area contributed by atoms with Crippen molar-refractivity contribution in [1.82, 2.24) is 24.3 Å². The molecule has 5 aliphatic heterocycles. The highest BCUT2D eigenvalue weighted by Gasteiger charge is 2.56. The molecule has 2 amide bonds. The van der Waals surface area contributed by atoms with Crippen LogP contribution in [0.15, 0.2) is 53.4 Å². The predicted octanol–water partition coefficient (Wildman–Crippen LogP) is 4.30. The first-order valence-electron chi connectivity index (χ1n) is 21.1. The summed E-state index contributed by atoms with van der Waals surface area (Å²) in [6, 6.07) is 14.3. The van der Waals surface area contributed by atoms with Gasteiger partial charge >= 0.3 is 6.09 Å². The molecule has 6 fully saturated rings. The zero-order chi connectivity index (χ0) is 40.7. The van der Waals surface area contributed by atoms with Crippen LogP contribution in [0, 0.1) is 29.5 Å². The van der Waals surface area contributed by atoms with Gasteiger partial charge in [-0.25, -0.2) is 17.6 Å². The van der Waals surface area contributed by atoms with Crippen LogP contribution in [0.25, 0.3) is 0 Å². The number of sulfonamides is 1. The van der Waals surface area contributed by atoms with E-state index in [1.807, 2.05) is 18.2 Å². The van der Waals surface area contributed by atoms with Crippen LogP contribution < -0.4 is 10.2 Å². The summed E-state index contributed by atoms with van der Waals surface area (Å²) in [5.74, 6) is 5.32. The van der Waals surface area contributed by atoms with Crippen molar-refractivity contribution in [3.05, 3.63) is 59.9 Å². The second kappa shape index (κ2) is 16.4. The largest absolute Gasteiger partial charge is 0.453 e. The molecule has 58 heavy (non-hydrogen) atoms. The Bertz CT molecular complexity index is 2000. The molecule has 1 aliphatic carbocycles. The highest BCUT2D eigenvalue weighted by molar-refractivity contribution is 7.89.